The maximum Gasteiger partial charge on any atom is 0.230 e. The van der Waals surface area contributed by atoms with Crippen molar-refractivity contribution in [2.75, 3.05) is 53.1 Å². The number of ether oxygens (including phenoxy) is 1. The molecular weight excluding hydrogens is 390 g/mol. The molecule has 0 N–H and O–H groups in total. The first kappa shape index (κ1) is 20.6. The zero-order chi connectivity index (χ0) is 20.9. The predicted octanol–water partition coefficient (Wildman–Crippen LogP) is 1.40. The van der Waals surface area contributed by atoms with Crippen LogP contribution in [0.15, 0.2) is 24.3 Å². The first-order valence-corrected chi connectivity index (χ1v) is 12.1. The number of fused-ring (bicyclic) bond motifs is 1. The van der Waals surface area contributed by atoms with E-state index in [2.05, 4.69) is 17.0 Å². The summed E-state index contributed by atoms with van der Waals surface area (Å²) in [5, 5.41) is 0. The molecule has 3 aliphatic heterocycles. The highest BCUT2D eigenvalue weighted by atomic mass is 32.2. The Bertz CT molecular complexity index is 895. The molecule has 3 saturated heterocycles. The number of rotatable bonds is 4. The monoisotopic (exact) mass is 421 g/mol. The molecule has 1 unspecified atom stereocenters. The molecule has 0 aliphatic carbocycles. The fourth-order valence-corrected chi connectivity index (χ4v) is 6.56. The van der Waals surface area contributed by atoms with Crippen LogP contribution in [0.4, 0.5) is 0 Å². The highest BCUT2D eigenvalue weighted by molar-refractivity contribution is 7.88. The van der Waals surface area contributed by atoms with E-state index in [1.807, 2.05) is 19.2 Å². The molecule has 3 heterocycles. The Balaban J connectivity index is 1.54. The van der Waals surface area contributed by atoms with E-state index in [9.17, 15) is 13.2 Å². The van der Waals surface area contributed by atoms with Crippen LogP contribution in [0.1, 0.15) is 24.8 Å². The first-order valence-electron chi connectivity index (χ1n) is 10.3. The Kier molecular flexibility index (Phi) is 5.16. The number of amides is 1. The lowest BCUT2D eigenvalue weighted by molar-refractivity contribution is -0.141. The Labute approximate surface area is 173 Å². The summed E-state index contributed by atoms with van der Waals surface area (Å²) < 4.78 is 31.5. The molecule has 160 valence electrons. The van der Waals surface area contributed by atoms with Gasteiger partial charge in [-0.3, -0.25) is 9.69 Å². The number of piperidine rings is 1. The van der Waals surface area contributed by atoms with Crippen LogP contribution in [0, 0.1) is 10.8 Å². The molecule has 3 fully saturated rings. The van der Waals surface area contributed by atoms with Gasteiger partial charge in [0.25, 0.3) is 0 Å². The van der Waals surface area contributed by atoms with Gasteiger partial charge in [0.05, 0.1) is 18.8 Å². The summed E-state index contributed by atoms with van der Waals surface area (Å²) in [7, 11) is 0.195. The van der Waals surface area contributed by atoms with Crippen LogP contribution in [0.25, 0.3) is 0 Å². The molecule has 0 aromatic heterocycles. The highest BCUT2D eigenvalue weighted by Gasteiger charge is 2.65. The number of carbonyl (C=O) groups is 1. The van der Waals surface area contributed by atoms with E-state index in [1.165, 1.54) is 11.8 Å². The number of sulfonamides is 1. The molecule has 0 radical (unpaired) electrons. The van der Waals surface area contributed by atoms with Gasteiger partial charge in [0.1, 0.15) is 5.75 Å². The van der Waals surface area contributed by atoms with E-state index in [-0.39, 0.29) is 11.3 Å². The van der Waals surface area contributed by atoms with Gasteiger partial charge in [0.2, 0.25) is 15.9 Å². The van der Waals surface area contributed by atoms with E-state index in [0.717, 1.165) is 44.6 Å². The van der Waals surface area contributed by atoms with E-state index in [0.29, 0.717) is 19.6 Å². The minimum absolute atomic E-state index is 0.130. The molecule has 0 bridgehead atoms. The topological polar surface area (TPSA) is 70.2 Å². The van der Waals surface area contributed by atoms with Crippen molar-refractivity contribution in [3.63, 3.8) is 0 Å². The van der Waals surface area contributed by atoms with Gasteiger partial charge in [-0.25, -0.2) is 12.7 Å². The standard InChI is InChI=1S/C21H31N3O4S/c1-22-10-9-21(19(22)25)16-24(29(3,26)27)15-20(21)7-11-23(12-8-20)14-17-5-4-6-18(13-17)28-2/h4-6,13H,7-12,14-16H2,1-3H3. The second kappa shape index (κ2) is 7.25. The minimum Gasteiger partial charge on any atom is -0.497 e. The number of methoxy groups -OCH3 is 1. The maximum absolute atomic E-state index is 13.2. The van der Waals surface area contributed by atoms with Crippen molar-refractivity contribution in [3.05, 3.63) is 29.8 Å². The molecule has 3 aliphatic rings. The van der Waals surface area contributed by atoms with E-state index in [1.54, 1.807) is 16.3 Å². The molecule has 0 saturated carbocycles. The fraction of sp³-hybridized carbons (Fsp3) is 0.667. The zero-order valence-corrected chi connectivity index (χ0v) is 18.4. The molecule has 4 rings (SSSR count). The number of nitrogens with zero attached hydrogens (tertiary/aromatic N) is 3. The third-order valence-electron chi connectivity index (χ3n) is 7.39. The summed E-state index contributed by atoms with van der Waals surface area (Å²) in [6.45, 7) is 4.10. The predicted molar refractivity (Wildman–Crippen MR) is 111 cm³/mol. The van der Waals surface area contributed by atoms with Gasteiger partial charge in [-0.1, -0.05) is 12.1 Å². The van der Waals surface area contributed by atoms with Gasteiger partial charge in [-0.2, -0.15) is 0 Å². The normalized spacial score (nSPS) is 28.0. The van der Waals surface area contributed by atoms with Gasteiger partial charge in [-0.15, -0.1) is 0 Å². The number of benzene rings is 1. The Morgan fingerprint density at radius 3 is 2.41 bits per heavy atom. The number of hydrogen-bond acceptors (Lipinski definition) is 5. The number of carbonyl (C=O) groups excluding carboxylic acids is 1. The van der Waals surface area contributed by atoms with Crippen LogP contribution < -0.4 is 4.74 Å². The van der Waals surface area contributed by atoms with Gasteiger partial charge in [0.15, 0.2) is 0 Å². The van der Waals surface area contributed by atoms with E-state index < -0.39 is 15.4 Å². The van der Waals surface area contributed by atoms with Crippen LogP contribution in [0.5, 0.6) is 5.75 Å². The van der Waals surface area contributed by atoms with Crippen molar-refractivity contribution in [1.82, 2.24) is 14.1 Å². The zero-order valence-electron chi connectivity index (χ0n) is 17.6. The first-order chi connectivity index (χ1) is 13.7. The second-order valence-electron chi connectivity index (χ2n) is 9.00. The SMILES string of the molecule is COc1cccc(CN2CCC3(CC2)CN(S(C)(=O)=O)CC32CCN(C)C2=O)c1. The molecule has 1 aromatic rings. The lowest BCUT2D eigenvalue weighted by Gasteiger charge is -2.47. The van der Waals surface area contributed by atoms with Crippen molar-refractivity contribution in [3.8, 4) is 5.75 Å². The van der Waals surface area contributed by atoms with Crippen LogP contribution in [-0.4, -0.2) is 81.6 Å². The van der Waals surface area contributed by atoms with Crippen LogP contribution in [0.3, 0.4) is 0 Å². The summed E-state index contributed by atoms with van der Waals surface area (Å²) in [4.78, 5) is 17.4. The molecule has 1 aromatic carbocycles. The molecule has 29 heavy (non-hydrogen) atoms. The Morgan fingerprint density at radius 2 is 1.83 bits per heavy atom. The summed E-state index contributed by atoms with van der Waals surface area (Å²) in [5.41, 5.74) is 0.381. The van der Waals surface area contributed by atoms with Crippen LogP contribution in [-0.2, 0) is 21.4 Å². The molecule has 1 amide bonds. The summed E-state index contributed by atoms with van der Waals surface area (Å²) in [6, 6.07) is 8.11. The van der Waals surface area contributed by atoms with Gasteiger partial charge < -0.3 is 9.64 Å². The largest absolute Gasteiger partial charge is 0.497 e. The summed E-state index contributed by atoms with van der Waals surface area (Å²) >= 11 is 0. The van der Waals surface area contributed by atoms with Crippen molar-refractivity contribution in [2.45, 2.75) is 25.8 Å². The minimum atomic E-state index is -3.32. The van der Waals surface area contributed by atoms with Crippen LogP contribution >= 0.6 is 0 Å². The molecule has 7 nitrogen and oxygen atoms in total. The average molecular weight is 422 g/mol. The van der Waals surface area contributed by atoms with E-state index >= 15 is 0 Å². The summed E-state index contributed by atoms with van der Waals surface area (Å²) in [5.74, 6) is 0.985. The van der Waals surface area contributed by atoms with E-state index in [4.69, 9.17) is 4.74 Å². The highest BCUT2D eigenvalue weighted by Crippen LogP contribution is 2.58. The molecular formula is C21H31N3O4S. The fourth-order valence-electron chi connectivity index (χ4n) is 5.62. The molecule has 8 heteroatoms. The van der Waals surface area contributed by atoms with Crippen molar-refractivity contribution >= 4 is 15.9 Å². The summed E-state index contributed by atoms with van der Waals surface area (Å²) in [6.07, 6.45) is 3.72. The third-order valence-corrected chi connectivity index (χ3v) is 8.59. The van der Waals surface area contributed by atoms with Gasteiger partial charge in [0, 0.05) is 38.6 Å². The molecule has 1 atom stereocenters. The quantitative estimate of drug-likeness (QED) is 0.735. The van der Waals surface area contributed by atoms with Crippen molar-refractivity contribution < 1.29 is 17.9 Å². The smallest absolute Gasteiger partial charge is 0.230 e. The Hall–Kier alpha value is -1.64. The van der Waals surface area contributed by atoms with Crippen LogP contribution in [0.2, 0.25) is 0 Å². The lowest BCUT2D eigenvalue weighted by atomic mass is 9.60. The van der Waals surface area contributed by atoms with Gasteiger partial charge in [-0.05, 0) is 50.0 Å². The average Bonchev–Trinajstić information content (AvgIpc) is 3.17. The number of likely N-dealkylation sites (tertiary alicyclic amines) is 2. The Morgan fingerprint density at radius 1 is 1.10 bits per heavy atom. The maximum atomic E-state index is 13.2. The van der Waals surface area contributed by atoms with Crippen molar-refractivity contribution in [1.29, 1.82) is 0 Å². The lowest BCUT2D eigenvalue weighted by Crippen LogP contribution is -2.52. The van der Waals surface area contributed by atoms with Gasteiger partial charge >= 0.3 is 0 Å². The second-order valence-corrected chi connectivity index (χ2v) is 11.0. The third kappa shape index (κ3) is 3.45. The van der Waals surface area contributed by atoms with Crippen molar-refractivity contribution in [2.24, 2.45) is 10.8 Å². The number of hydrogen-bond donors (Lipinski definition) is 0. The molecule has 2 spiro atoms.